The van der Waals surface area contributed by atoms with E-state index in [0.29, 0.717) is 9.75 Å². The maximum atomic E-state index is 13.3. The first-order valence-corrected chi connectivity index (χ1v) is 13.1. The zero-order chi connectivity index (χ0) is 26.7. The highest BCUT2D eigenvalue weighted by molar-refractivity contribution is 7.91. The van der Waals surface area contributed by atoms with Crippen LogP contribution >= 0.6 is 22.7 Å². The Morgan fingerprint density at radius 2 is 1.11 bits per heavy atom. The monoisotopic (exact) mass is 558 g/mol. The molecule has 4 aromatic rings. The summed E-state index contributed by atoms with van der Waals surface area (Å²) in [5, 5.41) is 41.7. The molecule has 0 bridgehead atoms. The highest BCUT2D eigenvalue weighted by Crippen LogP contribution is 2.35. The van der Waals surface area contributed by atoms with Gasteiger partial charge in [0, 0.05) is 24.6 Å². The summed E-state index contributed by atoms with van der Waals surface area (Å²) in [6.45, 7) is 0. The lowest BCUT2D eigenvalue weighted by molar-refractivity contribution is -0.380. The summed E-state index contributed by atoms with van der Waals surface area (Å²) < 4.78 is 26.5. The Morgan fingerprint density at radius 1 is 0.703 bits per heavy atom. The maximum absolute atomic E-state index is 13.3. The van der Waals surface area contributed by atoms with Crippen LogP contribution in [0.3, 0.4) is 0 Å². The fraction of sp³-hybridized carbons (Fsp3) is 0. The van der Waals surface area contributed by atoms with Gasteiger partial charge in [0.1, 0.15) is 22.9 Å². The zero-order valence-electron chi connectivity index (χ0n) is 18.3. The SMILES string of the molecule is O=[N+]([O-])c1ccc(C=Nc2cc(S(=O)(=O)c3ccc(O)c(N=Cc4ccc([N+](=O)[O-])s4)c3)ccc2O)s1. The van der Waals surface area contributed by atoms with E-state index in [1.54, 1.807) is 0 Å². The van der Waals surface area contributed by atoms with Crippen LogP contribution in [0, 0.1) is 20.2 Å². The minimum atomic E-state index is -4.14. The van der Waals surface area contributed by atoms with Crippen molar-refractivity contribution in [1.82, 2.24) is 0 Å². The van der Waals surface area contributed by atoms with Crippen molar-refractivity contribution in [2.24, 2.45) is 9.98 Å². The lowest BCUT2D eigenvalue weighted by Crippen LogP contribution is -2.01. The van der Waals surface area contributed by atoms with Gasteiger partial charge in [-0.25, -0.2) is 8.42 Å². The van der Waals surface area contributed by atoms with Crippen molar-refractivity contribution in [1.29, 1.82) is 0 Å². The molecule has 0 aliphatic heterocycles. The lowest BCUT2D eigenvalue weighted by atomic mass is 10.3. The molecule has 188 valence electrons. The largest absolute Gasteiger partial charge is 0.506 e. The average Bonchev–Trinajstić information content (AvgIpc) is 3.53. The number of hydrogen-bond donors (Lipinski definition) is 2. The molecule has 0 atom stereocenters. The van der Waals surface area contributed by atoms with Gasteiger partial charge in [-0.05, 0) is 48.5 Å². The number of thiophene rings is 2. The van der Waals surface area contributed by atoms with Crippen LogP contribution in [0.4, 0.5) is 21.4 Å². The molecular formula is C22H14N4O8S3. The molecule has 0 radical (unpaired) electrons. The van der Waals surface area contributed by atoms with Crippen LogP contribution in [0.2, 0.25) is 0 Å². The third-order valence-electron chi connectivity index (χ3n) is 4.76. The van der Waals surface area contributed by atoms with Crippen molar-refractivity contribution in [2.45, 2.75) is 9.79 Å². The van der Waals surface area contributed by atoms with Crippen molar-refractivity contribution >= 4 is 66.3 Å². The topological polar surface area (TPSA) is 186 Å². The van der Waals surface area contributed by atoms with Crippen molar-refractivity contribution < 1.29 is 28.5 Å². The standard InChI is InChI=1S/C22H14N4O8S3/c27-19-5-3-15(9-17(19)23-11-13-1-7-21(35-13)25(29)30)37(33,34)16-4-6-20(28)18(10-16)24-12-14-2-8-22(36-14)26(31)32/h1-12,27-28H. The predicted octanol–water partition coefficient (Wildman–Crippen LogP) is 5.37. The first kappa shape index (κ1) is 25.6. The summed E-state index contributed by atoms with van der Waals surface area (Å²) >= 11 is 1.73. The van der Waals surface area contributed by atoms with Gasteiger partial charge in [-0.1, -0.05) is 22.7 Å². The summed E-state index contributed by atoms with van der Waals surface area (Å²) in [6, 6.07) is 12.5. The number of phenols is 2. The van der Waals surface area contributed by atoms with E-state index in [9.17, 15) is 38.9 Å². The highest BCUT2D eigenvalue weighted by atomic mass is 32.2. The van der Waals surface area contributed by atoms with Gasteiger partial charge in [0.15, 0.2) is 0 Å². The molecule has 37 heavy (non-hydrogen) atoms. The van der Waals surface area contributed by atoms with Gasteiger partial charge in [-0.15, -0.1) is 0 Å². The van der Waals surface area contributed by atoms with Gasteiger partial charge in [0.2, 0.25) is 9.84 Å². The van der Waals surface area contributed by atoms with E-state index >= 15 is 0 Å². The number of sulfone groups is 1. The number of benzene rings is 2. The van der Waals surface area contributed by atoms with E-state index in [4.69, 9.17) is 0 Å². The van der Waals surface area contributed by atoms with Gasteiger partial charge >= 0.3 is 10.0 Å². The second kappa shape index (κ2) is 10.3. The molecule has 0 aliphatic rings. The summed E-state index contributed by atoms with van der Waals surface area (Å²) in [4.78, 5) is 29.1. The summed E-state index contributed by atoms with van der Waals surface area (Å²) in [6.07, 6.45) is 2.54. The first-order valence-electron chi connectivity index (χ1n) is 10.0. The summed E-state index contributed by atoms with van der Waals surface area (Å²) in [5.74, 6) is -0.607. The second-order valence-electron chi connectivity index (χ2n) is 7.19. The lowest BCUT2D eigenvalue weighted by Gasteiger charge is -2.08. The Kier molecular flexibility index (Phi) is 7.10. The first-order chi connectivity index (χ1) is 17.5. The molecular weight excluding hydrogens is 544 g/mol. The van der Waals surface area contributed by atoms with Crippen LogP contribution in [0.5, 0.6) is 11.5 Å². The fourth-order valence-corrected chi connectivity index (χ4v) is 5.66. The van der Waals surface area contributed by atoms with Gasteiger partial charge in [-0.2, -0.15) is 0 Å². The van der Waals surface area contributed by atoms with Crippen LogP contribution in [0.25, 0.3) is 0 Å². The van der Waals surface area contributed by atoms with E-state index in [0.717, 1.165) is 46.9 Å². The average molecular weight is 559 g/mol. The third-order valence-corrected chi connectivity index (χ3v) is 8.45. The van der Waals surface area contributed by atoms with E-state index in [-0.39, 0.29) is 42.7 Å². The highest BCUT2D eigenvalue weighted by Gasteiger charge is 2.21. The third kappa shape index (κ3) is 5.69. The van der Waals surface area contributed by atoms with Crippen LogP contribution in [0.1, 0.15) is 9.75 Å². The van der Waals surface area contributed by atoms with Gasteiger partial charge in [-0.3, -0.25) is 30.2 Å². The van der Waals surface area contributed by atoms with Crippen molar-refractivity contribution in [3.05, 3.63) is 90.6 Å². The van der Waals surface area contributed by atoms with Crippen LogP contribution < -0.4 is 0 Å². The van der Waals surface area contributed by atoms with Crippen molar-refractivity contribution in [3.8, 4) is 11.5 Å². The Balaban J connectivity index is 1.63. The Labute approximate surface area is 216 Å². The van der Waals surface area contributed by atoms with Crippen LogP contribution in [0.15, 0.2) is 80.4 Å². The molecule has 15 heteroatoms. The Morgan fingerprint density at radius 3 is 1.46 bits per heavy atom. The normalized spacial score (nSPS) is 11.9. The molecule has 4 rings (SSSR count). The molecule has 0 saturated carbocycles. The number of nitrogens with zero attached hydrogens (tertiary/aromatic N) is 4. The number of hydrogen-bond acceptors (Lipinski definition) is 12. The van der Waals surface area contributed by atoms with Crippen LogP contribution in [-0.2, 0) is 9.84 Å². The quantitative estimate of drug-likeness (QED) is 0.164. The zero-order valence-corrected chi connectivity index (χ0v) is 20.7. The van der Waals surface area contributed by atoms with E-state index < -0.39 is 19.7 Å². The van der Waals surface area contributed by atoms with Crippen molar-refractivity contribution in [3.63, 3.8) is 0 Å². The molecule has 2 N–H and O–H groups in total. The van der Waals surface area contributed by atoms with E-state index in [1.165, 1.54) is 48.8 Å². The molecule has 0 fully saturated rings. The molecule has 0 unspecified atom stereocenters. The molecule has 0 saturated heterocycles. The fourth-order valence-electron chi connectivity index (χ4n) is 2.97. The van der Waals surface area contributed by atoms with E-state index in [1.807, 2.05) is 0 Å². The maximum Gasteiger partial charge on any atom is 0.324 e. The second-order valence-corrected chi connectivity index (χ2v) is 11.3. The number of aliphatic imine (C=N–C) groups is 2. The molecule has 0 spiro atoms. The van der Waals surface area contributed by atoms with Crippen LogP contribution in [-0.4, -0.2) is 40.9 Å². The molecule has 0 amide bonds. The van der Waals surface area contributed by atoms with Gasteiger partial charge < -0.3 is 10.2 Å². The Bertz CT molecular complexity index is 1570. The van der Waals surface area contributed by atoms with Gasteiger partial charge in [0.05, 0.1) is 29.4 Å². The van der Waals surface area contributed by atoms with E-state index in [2.05, 4.69) is 9.98 Å². The summed E-state index contributed by atoms with van der Waals surface area (Å²) in [5.41, 5.74) is -0.151. The Hall–Kier alpha value is -4.47. The molecule has 2 aromatic carbocycles. The molecule has 2 heterocycles. The number of rotatable bonds is 8. The van der Waals surface area contributed by atoms with Crippen molar-refractivity contribution in [2.75, 3.05) is 0 Å². The minimum Gasteiger partial charge on any atom is -0.506 e. The minimum absolute atomic E-state index is 0.0755. The predicted molar refractivity (Wildman–Crippen MR) is 138 cm³/mol. The number of phenolic OH excluding ortho intramolecular Hbond substituents is 2. The number of nitro groups is 2. The molecule has 2 aromatic heterocycles. The van der Waals surface area contributed by atoms with Gasteiger partial charge in [0.25, 0.3) is 0 Å². The molecule has 0 aliphatic carbocycles. The summed E-state index contributed by atoms with van der Waals surface area (Å²) in [7, 11) is -4.14. The molecule has 12 nitrogen and oxygen atoms in total. The smallest absolute Gasteiger partial charge is 0.324 e. The number of aromatic hydroxyl groups is 2.